The standard InChI is InChI=1S/C20H17N3O/c24-20(15-10-11-15)23-13-22-18(16-8-4-5-9-17(16)23)12-21-19(22)14-6-2-1-3-7-14/h1-9,12,15H,10-11,13H2. The Kier molecular flexibility index (Phi) is 2.86. The molecule has 1 aliphatic carbocycles. The monoisotopic (exact) mass is 315 g/mol. The molecular formula is C20H17N3O. The number of nitrogens with zero attached hydrogens (tertiary/aromatic N) is 3. The van der Waals surface area contributed by atoms with Crippen molar-refractivity contribution in [2.45, 2.75) is 19.5 Å². The fourth-order valence-electron chi connectivity index (χ4n) is 3.43. The average molecular weight is 315 g/mol. The molecule has 0 unspecified atom stereocenters. The molecule has 1 amide bonds. The number of rotatable bonds is 2. The molecule has 1 aliphatic heterocycles. The Bertz CT molecular complexity index is 912. The molecule has 0 N–H and O–H groups in total. The third-order valence-electron chi connectivity index (χ3n) is 4.83. The van der Waals surface area contributed by atoms with Gasteiger partial charge in [-0.3, -0.25) is 9.69 Å². The van der Waals surface area contributed by atoms with Gasteiger partial charge in [0, 0.05) is 17.0 Å². The van der Waals surface area contributed by atoms with E-state index in [1.165, 1.54) is 0 Å². The van der Waals surface area contributed by atoms with Crippen LogP contribution >= 0.6 is 0 Å². The van der Waals surface area contributed by atoms with Gasteiger partial charge in [0.05, 0.1) is 17.6 Å². The molecule has 2 aromatic carbocycles. The van der Waals surface area contributed by atoms with Crippen molar-refractivity contribution < 1.29 is 4.79 Å². The van der Waals surface area contributed by atoms with Crippen LogP contribution in [0.4, 0.5) is 5.69 Å². The van der Waals surface area contributed by atoms with Crippen LogP contribution in [0, 0.1) is 5.92 Å². The second-order valence-electron chi connectivity index (χ2n) is 6.46. The van der Waals surface area contributed by atoms with Crippen molar-refractivity contribution in [3.63, 3.8) is 0 Å². The van der Waals surface area contributed by atoms with Crippen LogP contribution in [0.25, 0.3) is 22.6 Å². The summed E-state index contributed by atoms with van der Waals surface area (Å²) < 4.78 is 2.15. The Morgan fingerprint density at radius 3 is 2.54 bits per heavy atom. The van der Waals surface area contributed by atoms with Gasteiger partial charge in [-0.05, 0) is 18.9 Å². The predicted molar refractivity (Wildman–Crippen MR) is 93.3 cm³/mol. The number of hydrogen-bond donors (Lipinski definition) is 0. The first kappa shape index (κ1) is 13.5. The number of carbonyl (C=O) groups excluding carboxylic acids is 1. The summed E-state index contributed by atoms with van der Waals surface area (Å²) in [4.78, 5) is 19.4. The highest BCUT2D eigenvalue weighted by Gasteiger charge is 2.37. The number of imidazole rings is 1. The van der Waals surface area contributed by atoms with Gasteiger partial charge >= 0.3 is 0 Å². The lowest BCUT2D eigenvalue weighted by molar-refractivity contribution is -0.120. The molecule has 4 heteroatoms. The van der Waals surface area contributed by atoms with E-state index in [9.17, 15) is 4.79 Å². The largest absolute Gasteiger partial charge is 0.305 e. The van der Waals surface area contributed by atoms with Crippen LogP contribution in [0.2, 0.25) is 0 Å². The maximum Gasteiger partial charge on any atom is 0.231 e. The summed E-state index contributed by atoms with van der Waals surface area (Å²) in [6.07, 6.45) is 3.94. The van der Waals surface area contributed by atoms with Crippen molar-refractivity contribution in [2.75, 3.05) is 4.90 Å². The van der Waals surface area contributed by atoms with Crippen molar-refractivity contribution >= 4 is 11.6 Å². The number of benzene rings is 2. The lowest BCUT2D eigenvalue weighted by atomic mass is 10.1. The summed E-state index contributed by atoms with van der Waals surface area (Å²) in [5.41, 5.74) is 4.22. The van der Waals surface area contributed by atoms with Gasteiger partial charge in [-0.15, -0.1) is 0 Å². The molecule has 0 saturated heterocycles. The van der Waals surface area contributed by atoms with Gasteiger partial charge in [-0.1, -0.05) is 48.5 Å². The second kappa shape index (κ2) is 5.06. The van der Waals surface area contributed by atoms with Gasteiger partial charge < -0.3 is 4.57 Å². The fourth-order valence-corrected chi connectivity index (χ4v) is 3.43. The van der Waals surface area contributed by atoms with Crippen LogP contribution in [0.5, 0.6) is 0 Å². The topological polar surface area (TPSA) is 38.1 Å². The minimum absolute atomic E-state index is 0.198. The van der Waals surface area contributed by atoms with E-state index in [2.05, 4.69) is 27.8 Å². The molecule has 3 aromatic rings. The summed E-state index contributed by atoms with van der Waals surface area (Å²) in [6, 6.07) is 18.3. The minimum atomic E-state index is 0.198. The van der Waals surface area contributed by atoms with Crippen LogP contribution in [-0.2, 0) is 11.5 Å². The van der Waals surface area contributed by atoms with E-state index in [0.717, 1.165) is 41.2 Å². The van der Waals surface area contributed by atoms with E-state index in [1.807, 2.05) is 47.5 Å². The predicted octanol–water partition coefficient (Wildman–Crippen LogP) is 3.93. The summed E-state index contributed by atoms with van der Waals surface area (Å²) in [6.45, 7) is 0.534. The number of hydrogen-bond acceptors (Lipinski definition) is 2. The number of para-hydroxylation sites is 1. The quantitative estimate of drug-likeness (QED) is 0.718. The van der Waals surface area contributed by atoms with Crippen molar-refractivity contribution in [2.24, 2.45) is 5.92 Å². The first-order valence-electron chi connectivity index (χ1n) is 8.34. The maximum absolute atomic E-state index is 12.8. The van der Waals surface area contributed by atoms with E-state index < -0.39 is 0 Å². The minimum Gasteiger partial charge on any atom is -0.305 e. The highest BCUT2D eigenvalue weighted by Crippen LogP contribution is 2.41. The molecule has 0 spiro atoms. The first-order chi connectivity index (χ1) is 11.8. The van der Waals surface area contributed by atoms with E-state index >= 15 is 0 Å². The number of aromatic nitrogens is 2. The summed E-state index contributed by atoms with van der Waals surface area (Å²) in [5.74, 6) is 1.35. The number of fused-ring (bicyclic) bond motifs is 3. The fraction of sp³-hybridized carbons (Fsp3) is 0.200. The van der Waals surface area contributed by atoms with Gasteiger partial charge in [0.25, 0.3) is 0 Å². The Morgan fingerprint density at radius 1 is 1.00 bits per heavy atom. The molecule has 118 valence electrons. The van der Waals surface area contributed by atoms with E-state index in [0.29, 0.717) is 6.67 Å². The average Bonchev–Trinajstić information content (AvgIpc) is 3.40. The molecule has 0 radical (unpaired) electrons. The third kappa shape index (κ3) is 1.99. The van der Waals surface area contributed by atoms with Crippen LogP contribution in [-0.4, -0.2) is 15.5 Å². The number of carbonyl (C=O) groups is 1. The Labute approximate surface area is 140 Å². The zero-order chi connectivity index (χ0) is 16.1. The van der Waals surface area contributed by atoms with E-state index in [4.69, 9.17) is 0 Å². The highest BCUT2D eigenvalue weighted by molar-refractivity contribution is 6.00. The summed E-state index contributed by atoms with van der Waals surface area (Å²) in [7, 11) is 0. The molecular weight excluding hydrogens is 298 g/mol. The normalized spacial score (nSPS) is 15.8. The summed E-state index contributed by atoms with van der Waals surface area (Å²) in [5, 5.41) is 0. The van der Waals surface area contributed by atoms with Gasteiger partial charge in [0.1, 0.15) is 12.5 Å². The second-order valence-corrected chi connectivity index (χ2v) is 6.46. The van der Waals surface area contributed by atoms with E-state index in [-0.39, 0.29) is 11.8 Å². The van der Waals surface area contributed by atoms with Crippen molar-refractivity contribution in [1.29, 1.82) is 0 Å². The molecule has 5 rings (SSSR count). The molecule has 4 nitrogen and oxygen atoms in total. The van der Waals surface area contributed by atoms with Crippen LogP contribution in [0.15, 0.2) is 60.8 Å². The van der Waals surface area contributed by atoms with Gasteiger partial charge in [0.15, 0.2) is 0 Å². The lowest BCUT2D eigenvalue weighted by Gasteiger charge is -2.31. The van der Waals surface area contributed by atoms with Crippen molar-refractivity contribution in [1.82, 2.24) is 9.55 Å². The highest BCUT2D eigenvalue weighted by atomic mass is 16.2. The molecule has 2 heterocycles. The Hall–Kier alpha value is -2.88. The maximum atomic E-state index is 12.8. The molecule has 2 aliphatic rings. The van der Waals surface area contributed by atoms with Crippen LogP contribution in [0.3, 0.4) is 0 Å². The zero-order valence-electron chi connectivity index (χ0n) is 13.2. The first-order valence-corrected chi connectivity index (χ1v) is 8.34. The Balaban J connectivity index is 1.67. The molecule has 1 saturated carbocycles. The van der Waals surface area contributed by atoms with Crippen LogP contribution in [0.1, 0.15) is 12.8 Å². The molecule has 1 aromatic heterocycles. The van der Waals surface area contributed by atoms with Crippen molar-refractivity contribution in [3.8, 4) is 22.6 Å². The lowest BCUT2D eigenvalue weighted by Crippen LogP contribution is -2.37. The van der Waals surface area contributed by atoms with Gasteiger partial charge in [0.2, 0.25) is 5.91 Å². The number of amides is 1. The summed E-state index contributed by atoms with van der Waals surface area (Å²) >= 11 is 0. The molecule has 0 bridgehead atoms. The van der Waals surface area contributed by atoms with Crippen molar-refractivity contribution in [3.05, 3.63) is 60.8 Å². The Morgan fingerprint density at radius 2 is 1.75 bits per heavy atom. The molecule has 1 fully saturated rings. The number of anilines is 1. The molecule has 0 atom stereocenters. The van der Waals surface area contributed by atoms with E-state index in [1.54, 1.807) is 0 Å². The molecule has 24 heavy (non-hydrogen) atoms. The zero-order valence-corrected chi connectivity index (χ0v) is 13.2. The third-order valence-corrected chi connectivity index (χ3v) is 4.83. The van der Waals surface area contributed by atoms with Gasteiger partial charge in [-0.2, -0.15) is 0 Å². The van der Waals surface area contributed by atoms with Crippen LogP contribution < -0.4 is 4.90 Å². The van der Waals surface area contributed by atoms with Gasteiger partial charge in [-0.25, -0.2) is 4.98 Å². The SMILES string of the molecule is O=C(C1CC1)N1Cn2c(cnc2-c2ccccc2)-c2ccccc21. The smallest absolute Gasteiger partial charge is 0.231 e.